The first-order valence-electron chi connectivity index (χ1n) is 10.5. The maximum absolute atomic E-state index is 13.6. The molecule has 2 atom stereocenters. The van der Waals surface area contributed by atoms with Crippen LogP contribution in [0.4, 0.5) is 10.3 Å². The zero-order valence-electron chi connectivity index (χ0n) is 18.1. The van der Waals surface area contributed by atoms with E-state index in [1.807, 2.05) is 25.1 Å². The number of aryl methyl sites for hydroxylation is 1. The number of hydrogen-bond donors (Lipinski definition) is 1. The summed E-state index contributed by atoms with van der Waals surface area (Å²) >= 11 is 0. The molecule has 2 aromatic carbocycles. The van der Waals surface area contributed by atoms with Crippen LogP contribution in [0.25, 0.3) is 0 Å². The molecule has 7 heteroatoms. The third-order valence-electron chi connectivity index (χ3n) is 6.34. The Hall–Kier alpha value is -3.61. The van der Waals surface area contributed by atoms with Gasteiger partial charge in [0.15, 0.2) is 17.3 Å². The number of methoxy groups -OCH3 is 2. The molecule has 0 bridgehead atoms. The number of carbonyl (C=O) groups is 1. The maximum atomic E-state index is 13.6. The van der Waals surface area contributed by atoms with E-state index < -0.39 is 0 Å². The number of carbonyl (C=O) groups excluding carboxylic acids is 1. The van der Waals surface area contributed by atoms with Crippen molar-refractivity contribution in [3.63, 3.8) is 0 Å². The first-order chi connectivity index (χ1) is 15.5. The first kappa shape index (κ1) is 20.3. The van der Waals surface area contributed by atoms with Crippen molar-refractivity contribution in [2.24, 2.45) is 0 Å². The van der Waals surface area contributed by atoms with Crippen LogP contribution in [-0.4, -0.2) is 25.2 Å². The predicted molar refractivity (Wildman–Crippen MR) is 117 cm³/mol. The molecular weight excluding hydrogens is 411 g/mol. The number of nitrogens with zero attached hydrogens (tertiary/aromatic N) is 1. The van der Waals surface area contributed by atoms with E-state index >= 15 is 0 Å². The lowest BCUT2D eigenvalue weighted by Gasteiger charge is -2.34. The number of anilines is 1. The van der Waals surface area contributed by atoms with Gasteiger partial charge in [0, 0.05) is 23.6 Å². The van der Waals surface area contributed by atoms with Gasteiger partial charge in [0.05, 0.1) is 25.5 Å². The number of benzene rings is 2. The number of halogens is 1. The Labute approximate surface area is 185 Å². The number of hydrogen-bond acceptors (Lipinski definition) is 6. The third-order valence-corrected chi connectivity index (χ3v) is 6.34. The summed E-state index contributed by atoms with van der Waals surface area (Å²) in [6.07, 6.45) is 1.00. The van der Waals surface area contributed by atoms with Gasteiger partial charge in [0.1, 0.15) is 5.82 Å². The van der Waals surface area contributed by atoms with Crippen molar-refractivity contribution in [2.75, 3.05) is 19.5 Å². The van der Waals surface area contributed by atoms with Crippen LogP contribution in [0.3, 0.4) is 0 Å². The molecule has 0 unspecified atom stereocenters. The van der Waals surface area contributed by atoms with Gasteiger partial charge in [-0.15, -0.1) is 0 Å². The molecule has 2 heterocycles. The van der Waals surface area contributed by atoms with Crippen LogP contribution in [0.1, 0.15) is 47.1 Å². The molecule has 0 saturated heterocycles. The van der Waals surface area contributed by atoms with Crippen molar-refractivity contribution >= 4 is 11.7 Å². The van der Waals surface area contributed by atoms with Crippen molar-refractivity contribution in [2.45, 2.75) is 31.6 Å². The minimum absolute atomic E-state index is 0.0204. The number of ketones is 1. The minimum Gasteiger partial charge on any atom is -0.493 e. The monoisotopic (exact) mass is 434 g/mol. The van der Waals surface area contributed by atoms with Crippen molar-refractivity contribution in [3.8, 4) is 11.5 Å². The second kappa shape index (κ2) is 7.82. The van der Waals surface area contributed by atoms with E-state index in [9.17, 15) is 9.18 Å². The van der Waals surface area contributed by atoms with Crippen molar-refractivity contribution in [1.82, 2.24) is 5.16 Å². The van der Waals surface area contributed by atoms with Gasteiger partial charge in [0.25, 0.3) is 0 Å². The second-order valence-corrected chi connectivity index (χ2v) is 8.16. The largest absolute Gasteiger partial charge is 0.493 e. The van der Waals surface area contributed by atoms with E-state index in [4.69, 9.17) is 14.0 Å². The molecule has 3 aromatic rings. The quantitative estimate of drug-likeness (QED) is 0.616. The van der Waals surface area contributed by atoms with Crippen LogP contribution in [0.15, 0.2) is 58.3 Å². The number of rotatable bonds is 4. The molecule has 6 nitrogen and oxygen atoms in total. The Morgan fingerprint density at radius 2 is 1.75 bits per heavy atom. The van der Waals surface area contributed by atoms with E-state index in [0.717, 1.165) is 22.4 Å². The lowest BCUT2D eigenvalue weighted by molar-refractivity contribution is -0.116. The molecule has 1 aliphatic heterocycles. The Morgan fingerprint density at radius 1 is 1.03 bits per heavy atom. The van der Waals surface area contributed by atoms with E-state index in [-0.39, 0.29) is 23.4 Å². The highest BCUT2D eigenvalue weighted by Gasteiger charge is 2.41. The molecule has 0 radical (unpaired) electrons. The average molecular weight is 434 g/mol. The van der Waals surface area contributed by atoms with Gasteiger partial charge in [-0.2, -0.15) is 0 Å². The Kier molecular flexibility index (Phi) is 4.96. The highest BCUT2D eigenvalue weighted by molar-refractivity contribution is 6.01. The molecule has 5 rings (SSSR count). The molecular formula is C25H23FN2O4. The Morgan fingerprint density at radius 3 is 2.47 bits per heavy atom. The van der Waals surface area contributed by atoms with Crippen molar-refractivity contribution in [1.29, 1.82) is 0 Å². The van der Waals surface area contributed by atoms with Gasteiger partial charge in [-0.05, 0) is 54.7 Å². The number of fused-ring (bicyclic) bond motifs is 1. The van der Waals surface area contributed by atoms with Crippen LogP contribution in [0.2, 0.25) is 0 Å². The normalized spacial score (nSPS) is 19.8. The van der Waals surface area contributed by atoms with E-state index in [1.54, 1.807) is 26.4 Å². The molecule has 0 fully saturated rings. The van der Waals surface area contributed by atoms with E-state index in [1.165, 1.54) is 12.1 Å². The molecule has 1 aliphatic carbocycles. The van der Waals surface area contributed by atoms with Gasteiger partial charge in [-0.25, -0.2) is 4.39 Å². The summed E-state index contributed by atoms with van der Waals surface area (Å²) in [4.78, 5) is 13.5. The number of nitrogens with one attached hydrogen (secondary N) is 1. The summed E-state index contributed by atoms with van der Waals surface area (Å²) in [5.74, 6) is 1.19. The molecule has 0 spiro atoms. The standard InChI is InChI=1S/C25H23FN2O4/c1-13-22-23(14-4-7-17(26)8-5-14)24-18(27-25(22)32-28-13)10-16(11-19(24)29)15-6-9-20(30-2)21(12-15)31-3/h4-9,12,16,23,27H,10-11H2,1-3H3/t16-,23-/m0/s1. The number of Topliss-reactive ketones (excluding diaryl/α,β-unsaturated/α-hetero) is 1. The summed E-state index contributed by atoms with van der Waals surface area (Å²) in [7, 11) is 3.19. The molecule has 32 heavy (non-hydrogen) atoms. The van der Waals surface area contributed by atoms with Crippen molar-refractivity contribution < 1.29 is 23.2 Å². The van der Waals surface area contributed by atoms with E-state index in [2.05, 4.69) is 10.5 Å². The number of aromatic nitrogens is 1. The molecule has 0 amide bonds. The maximum Gasteiger partial charge on any atom is 0.233 e. The number of allylic oxidation sites excluding steroid dienone is 2. The fourth-order valence-corrected chi connectivity index (χ4v) is 4.80. The summed E-state index contributed by atoms with van der Waals surface area (Å²) in [5, 5.41) is 7.43. The van der Waals surface area contributed by atoms with Gasteiger partial charge < -0.3 is 19.3 Å². The van der Waals surface area contributed by atoms with Crippen LogP contribution in [-0.2, 0) is 4.79 Å². The molecule has 164 valence electrons. The lowest BCUT2D eigenvalue weighted by Crippen LogP contribution is -2.29. The smallest absolute Gasteiger partial charge is 0.233 e. The average Bonchev–Trinajstić information content (AvgIpc) is 3.18. The fraction of sp³-hybridized carbons (Fsp3) is 0.280. The van der Waals surface area contributed by atoms with Crippen LogP contribution in [0, 0.1) is 12.7 Å². The molecule has 0 saturated carbocycles. The van der Waals surface area contributed by atoms with Crippen LogP contribution in [0.5, 0.6) is 11.5 Å². The third kappa shape index (κ3) is 3.25. The van der Waals surface area contributed by atoms with Gasteiger partial charge in [0.2, 0.25) is 5.88 Å². The molecule has 2 aliphatic rings. The fourth-order valence-electron chi connectivity index (χ4n) is 4.80. The first-order valence-corrected chi connectivity index (χ1v) is 10.5. The zero-order chi connectivity index (χ0) is 22.4. The van der Waals surface area contributed by atoms with Gasteiger partial charge in [-0.3, -0.25) is 4.79 Å². The predicted octanol–water partition coefficient (Wildman–Crippen LogP) is 5.10. The summed E-state index contributed by atoms with van der Waals surface area (Å²) in [5.41, 5.74) is 4.90. The summed E-state index contributed by atoms with van der Waals surface area (Å²) in [6, 6.07) is 12.0. The lowest BCUT2D eigenvalue weighted by atomic mass is 9.72. The summed E-state index contributed by atoms with van der Waals surface area (Å²) in [6.45, 7) is 1.85. The molecule has 1 aromatic heterocycles. The number of ether oxygens (including phenoxy) is 2. The SMILES string of the molecule is COc1ccc([C@@H]2CC(=O)C3=C(C2)Nc2onc(C)c2[C@@H]3c2ccc(F)cc2)cc1OC. The Bertz CT molecular complexity index is 1230. The summed E-state index contributed by atoms with van der Waals surface area (Å²) < 4.78 is 29.9. The van der Waals surface area contributed by atoms with Crippen LogP contribution < -0.4 is 14.8 Å². The minimum atomic E-state index is -0.341. The second-order valence-electron chi connectivity index (χ2n) is 8.16. The topological polar surface area (TPSA) is 73.6 Å². The van der Waals surface area contributed by atoms with Gasteiger partial charge >= 0.3 is 0 Å². The van der Waals surface area contributed by atoms with Crippen molar-refractivity contribution in [3.05, 3.63) is 81.9 Å². The highest BCUT2D eigenvalue weighted by atomic mass is 19.1. The molecule has 1 N–H and O–H groups in total. The zero-order valence-corrected chi connectivity index (χ0v) is 18.1. The van der Waals surface area contributed by atoms with Gasteiger partial charge in [-0.1, -0.05) is 23.4 Å². The van der Waals surface area contributed by atoms with Crippen LogP contribution >= 0.6 is 0 Å². The Balaban J connectivity index is 1.57. The highest BCUT2D eigenvalue weighted by Crippen LogP contribution is 2.49. The van der Waals surface area contributed by atoms with E-state index in [0.29, 0.717) is 41.5 Å².